The second-order valence-corrected chi connectivity index (χ2v) is 9.97. The van der Waals surface area contributed by atoms with Crippen molar-refractivity contribution in [1.82, 2.24) is 10.3 Å². The fourth-order valence-corrected chi connectivity index (χ4v) is 5.51. The molecule has 0 radical (unpaired) electrons. The number of carbonyl (C=O) groups excluding carboxylic acids is 1. The number of thiocarbonyl (C=S) groups is 1. The van der Waals surface area contributed by atoms with Crippen LogP contribution in [-0.4, -0.2) is 22.6 Å². The molecule has 0 spiro atoms. The van der Waals surface area contributed by atoms with Crippen LogP contribution in [0, 0.1) is 0 Å². The van der Waals surface area contributed by atoms with Gasteiger partial charge in [0.1, 0.15) is 5.75 Å². The minimum atomic E-state index is -0.235. The molecule has 2 atom stereocenters. The first-order chi connectivity index (χ1) is 17.1. The molecule has 2 aromatic carbocycles. The van der Waals surface area contributed by atoms with Crippen LogP contribution in [0.4, 0.5) is 11.4 Å². The molecule has 1 aliphatic rings. The lowest BCUT2D eigenvalue weighted by Crippen LogP contribution is -2.29. The van der Waals surface area contributed by atoms with E-state index < -0.39 is 0 Å². The number of anilines is 2. The van der Waals surface area contributed by atoms with Gasteiger partial charge in [0, 0.05) is 22.4 Å². The average molecular weight is 521 g/mol. The van der Waals surface area contributed by atoms with Crippen molar-refractivity contribution in [1.29, 1.82) is 0 Å². The van der Waals surface area contributed by atoms with Gasteiger partial charge in [-0.25, -0.2) is 0 Å². The smallest absolute Gasteiger partial charge is 0.262 e. The molecule has 0 aliphatic carbocycles. The van der Waals surface area contributed by atoms with E-state index in [1.165, 1.54) is 11.3 Å². The third-order valence-electron chi connectivity index (χ3n) is 5.53. The van der Waals surface area contributed by atoms with Gasteiger partial charge in [0.05, 0.1) is 22.1 Å². The molecule has 0 bridgehead atoms. The standard InChI is InChI=1S/C26H21ClN4O2S2/c27-22-14-13-21(35-22)25-24(20-8-4-5-15-28-20)30-26(34)31(25)18-11-9-17(10-12-18)29-23(32)16-33-19-6-2-1-3-7-19/h1-15,24-25H,16H2,(H,29,32)(H,30,34)/t24-,25+/m0/s1. The molecule has 0 unspecified atom stereocenters. The van der Waals surface area contributed by atoms with Crippen molar-refractivity contribution in [3.63, 3.8) is 0 Å². The molecule has 1 aliphatic heterocycles. The molecule has 2 aromatic heterocycles. The van der Waals surface area contributed by atoms with Gasteiger partial charge < -0.3 is 20.3 Å². The van der Waals surface area contributed by atoms with Gasteiger partial charge in [-0.2, -0.15) is 0 Å². The van der Waals surface area contributed by atoms with E-state index in [9.17, 15) is 4.79 Å². The maximum Gasteiger partial charge on any atom is 0.262 e. The summed E-state index contributed by atoms with van der Waals surface area (Å²) in [5, 5.41) is 6.89. The molecule has 0 saturated carbocycles. The topological polar surface area (TPSA) is 66.5 Å². The lowest BCUT2D eigenvalue weighted by molar-refractivity contribution is -0.118. The molecule has 35 heavy (non-hydrogen) atoms. The summed E-state index contributed by atoms with van der Waals surface area (Å²) in [4.78, 5) is 20.0. The van der Waals surface area contributed by atoms with Crippen LogP contribution in [0.5, 0.6) is 5.75 Å². The Bertz CT molecular complexity index is 1320. The molecule has 5 rings (SSSR count). The number of halogens is 1. The molecule has 2 N–H and O–H groups in total. The van der Waals surface area contributed by atoms with E-state index >= 15 is 0 Å². The van der Waals surface area contributed by atoms with Crippen molar-refractivity contribution in [2.75, 3.05) is 16.8 Å². The normalized spacial score (nSPS) is 17.2. The minimum Gasteiger partial charge on any atom is -0.484 e. The van der Waals surface area contributed by atoms with Gasteiger partial charge in [-0.05, 0) is 72.9 Å². The van der Waals surface area contributed by atoms with Gasteiger partial charge in [0.25, 0.3) is 5.91 Å². The summed E-state index contributed by atoms with van der Waals surface area (Å²) in [6.07, 6.45) is 1.78. The van der Waals surface area contributed by atoms with Crippen molar-refractivity contribution >= 4 is 57.5 Å². The summed E-state index contributed by atoms with van der Waals surface area (Å²) in [5.41, 5.74) is 2.47. The van der Waals surface area contributed by atoms with Crippen molar-refractivity contribution in [2.45, 2.75) is 12.1 Å². The number of ether oxygens (including phenoxy) is 1. The van der Waals surface area contributed by atoms with Gasteiger partial charge in [0.2, 0.25) is 0 Å². The first kappa shape index (κ1) is 23.3. The molecule has 1 amide bonds. The van der Waals surface area contributed by atoms with Crippen LogP contribution in [0.15, 0.2) is 91.1 Å². The predicted molar refractivity (Wildman–Crippen MR) is 144 cm³/mol. The van der Waals surface area contributed by atoms with Crippen molar-refractivity contribution in [3.05, 3.63) is 106 Å². The summed E-state index contributed by atoms with van der Waals surface area (Å²) >= 11 is 13.5. The number of carbonyl (C=O) groups is 1. The van der Waals surface area contributed by atoms with E-state index in [1.54, 1.807) is 6.20 Å². The second kappa shape index (κ2) is 10.4. The number of benzene rings is 2. The van der Waals surface area contributed by atoms with E-state index in [0.717, 1.165) is 16.3 Å². The SMILES string of the molecule is O=C(COc1ccccc1)Nc1ccc(N2C(=S)N[C@@H](c3ccccn3)[C@H]2c2ccc(Cl)s2)cc1. The summed E-state index contributed by atoms with van der Waals surface area (Å²) in [6.45, 7) is -0.0706. The first-order valence-corrected chi connectivity index (χ1v) is 12.5. The van der Waals surface area contributed by atoms with Gasteiger partial charge in [-0.1, -0.05) is 35.9 Å². The Labute approximate surface area is 217 Å². The molecule has 3 heterocycles. The van der Waals surface area contributed by atoms with Crippen LogP contribution in [0.2, 0.25) is 4.34 Å². The lowest BCUT2D eigenvalue weighted by Gasteiger charge is -2.27. The second-order valence-electron chi connectivity index (χ2n) is 7.84. The first-order valence-electron chi connectivity index (χ1n) is 10.9. The number of para-hydroxylation sites is 1. The lowest BCUT2D eigenvalue weighted by atomic mass is 10.0. The highest BCUT2D eigenvalue weighted by atomic mass is 35.5. The Morgan fingerprint density at radius 2 is 1.83 bits per heavy atom. The zero-order chi connectivity index (χ0) is 24.2. The van der Waals surface area contributed by atoms with Crippen LogP contribution in [-0.2, 0) is 4.79 Å². The summed E-state index contributed by atoms with van der Waals surface area (Å²) in [6, 6.07) is 26.3. The highest BCUT2D eigenvalue weighted by Crippen LogP contribution is 2.44. The predicted octanol–water partition coefficient (Wildman–Crippen LogP) is 5.99. The fourth-order valence-electron chi connectivity index (χ4n) is 3.98. The Hall–Kier alpha value is -3.46. The molecule has 4 aromatic rings. The quantitative estimate of drug-likeness (QED) is 0.292. The van der Waals surface area contributed by atoms with Crippen molar-refractivity contribution in [3.8, 4) is 5.75 Å². The Morgan fingerprint density at radius 3 is 2.51 bits per heavy atom. The molecule has 1 saturated heterocycles. The highest BCUT2D eigenvalue weighted by molar-refractivity contribution is 7.80. The number of hydrogen-bond donors (Lipinski definition) is 2. The van der Waals surface area contributed by atoms with Gasteiger partial charge in [-0.3, -0.25) is 9.78 Å². The maximum atomic E-state index is 12.3. The van der Waals surface area contributed by atoms with E-state index in [1.807, 2.05) is 84.9 Å². The highest BCUT2D eigenvalue weighted by Gasteiger charge is 2.41. The number of pyridine rings is 1. The average Bonchev–Trinajstić information content (AvgIpc) is 3.47. The summed E-state index contributed by atoms with van der Waals surface area (Å²) in [7, 11) is 0. The molecule has 1 fully saturated rings. The molecular weight excluding hydrogens is 500 g/mol. The van der Waals surface area contributed by atoms with Crippen LogP contribution >= 0.6 is 35.2 Å². The van der Waals surface area contributed by atoms with Crippen LogP contribution < -0.4 is 20.3 Å². The number of amides is 1. The van der Waals surface area contributed by atoms with Crippen LogP contribution in [0.3, 0.4) is 0 Å². The molecule has 176 valence electrons. The van der Waals surface area contributed by atoms with Crippen LogP contribution in [0.25, 0.3) is 0 Å². The van der Waals surface area contributed by atoms with E-state index in [-0.39, 0.29) is 24.6 Å². The van der Waals surface area contributed by atoms with Gasteiger partial charge in [-0.15, -0.1) is 11.3 Å². The number of hydrogen-bond acceptors (Lipinski definition) is 5. The summed E-state index contributed by atoms with van der Waals surface area (Å²) in [5.74, 6) is 0.413. The number of nitrogens with one attached hydrogen (secondary N) is 2. The number of rotatable bonds is 7. The Balaban J connectivity index is 1.34. The molecule has 9 heteroatoms. The van der Waals surface area contributed by atoms with Gasteiger partial charge >= 0.3 is 0 Å². The van der Waals surface area contributed by atoms with Crippen molar-refractivity contribution in [2.24, 2.45) is 0 Å². The number of aromatic nitrogens is 1. The van der Waals surface area contributed by atoms with Gasteiger partial charge in [0.15, 0.2) is 11.7 Å². The van der Waals surface area contributed by atoms with E-state index in [4.69, 9.17) is 28.6 Å². The Morgan fingerprint density at radius 1 is 1.06 bits per heavy atom. The van der Waals surface area contributed by atoms with Crippen LogP contribution in [0.1, 0.15) is 22.7 Å². The molecular formula is C26H21ClN4O2S2. The third-order valence-corrected chi connectivity index (χ3v) is 7.14. The Kier molecular flexibility index (Phi) is 6.94. The molecule has 6 nitrogen and oxygen atoms in total. The number of thiophene rings is 1. The number of nitrogens with zero attached hydrogens (tertiary/aromatic N) is 2. The van der Waals surface area contributed by atoms with E-state index in [0.29, 0.717) is 20.9 Å². The minimum absolute atomic E-state index is 0.0706. The van der Waals surface area contributed by atoms with E-state index in [2.05, 4.69) is 20.5 Å². The maximum absolute atomic E-state index is 12.3. The zero-order valence-corrected chi connectivity index (χ0v) is 20.8. The van der Waals surface area contributed by atoms with Crippen molar-refractivity contribution < 1.29 is 9.53 Å². The zero-order valence-electron chi connectivity index (χ0n) is 18.4. The monoisotopic (exact) mass is 520 g/mol. The largest absolute Gasteiger partial charge is 0.484 e. The third kappa shape index (κ3) is 5.30. The fraction of sp³-hybridized carbons (Fsp3) is 0.115. The summed E-state index contributed by atoms with van der Waals surface area (Å²) < 4.78 is 6.23.